The summed E-state index contributed by atoms with van der Waals surface area (Å²) in [6.07, 6.45) is 2.47. The van der Waals surface area contributed by atoms with Crippen LogP contribution < -0.4 is 0 Å². The summed E-state index contributed by atoms with van der Waals surface area (Å²) in [7, 11) is 0. The largest absolute Gasteiger partial charge is 0.481 e. The van der Waals surface area contributed by atoms with Gasteiger partial charge in [-0.1, -0.05) is 20.8 Å². The van der Waals surface area contributed by atoms with Crippen LogP contribution in [0.1, 0.15) is 59.8 Å². The van der Waals surface area contributed by atoms with Gasteiger partial charge in [0.15, 0.2) is 0 Å². The maximum atomic E-state index is 11.2. The highest BCUT2D eigenvalue weighted by molar-refractivity contribution is 5.67. The van der Waals surface area contributed by atoms with Crippen LogP contribution in [0, 0.1) is 22.7 Å². The van der Waals surface area contributed by atoms with E-state index in [1.54, 1.807) is 6.92 Å². The summed E-state index contributed by atoms with van der Waals surface area (Å²) < 4.78 is 0. The minimum absolute atomic E-state index is 0.0142. The van der Waals surface area contributed by atoms with Gasteiger partial charge in [0.2, 0.25) is 0 Å². The molecule has 0 bridgehead atoms. The zero-order valence-electron chi connectivity index (χ0n) is 13.0. The number of aliphatic carboxylic acids is 1. The Balaban J connectivity index is 2.42. The number of hydrogen-bond donors (Lipinski definition) is 3. The van der Waals surface area contributed by atoms with Crippen molar-refractivity contribution < 1.29 is 20.1 Å². The molecule has 2 aliphatic carbocycles. The molecule has 5 atom stereocenters. The van der Waals surface area contributed by atoms with Gasteiger partial charge < -0.3 is 15.3 Å². The third-order valence-corrected chi connectivity index (χ3v) is 6.04. The van der Waals surface area contributed by atoms with E-state index in [-0.39, 0.29) is 23.2 Å². The molecule has 0 spiro atoms. The molecule has 2 aliphatic rings. The van der Waals surface area contributed by atoms with Crippen molar-refractivity contribution in [2.75, 3.05) is 0 Å². The smallest absolute Gasteiger partial charge is 0.303 e. The van der Waals surface area contributed by atoms with Gasteiger partial charge in [0.25, 0.3) is 0 Å². The molecule has 2 fully saturated rings. The van der Waals surface area contributed by atoms with Crippen LogP contribution in [0.5, 0.6) is 0 Å². The molecule has 2 unspecified atom stereocenters. The second kappa shape index (κ2) is 4.70. The van der Waals surface area contributed by atoms with Gasteiger partial charge in [-0.2, -0.15) is 0 Å². The Labute approximate surface area is 121 Å². The van der Waals surface area contributed by atoms with Crippen LogP contribution in [0.3, 0.4) is 0 Å². The molecule has 2 rings (SSSR count). The Hall–Kier alpha value is -0.610. The number of fused-ring (bicyclic) bond motifs is 1. The number of carboxylic acids is 1. The molecule has 0 heterocycles. The molecule has 116 valence electrons. The van der Waals surface area contributed by atoms with Crippen LogP contribution in [0.4, 0.5) is 0 Å². The second-order valence-corrected chi connectivity index (χ2v) is 8.16. The summed E-state index contributed by atoms with van der Waals surface area (Å²) in [5, 5.41) is 30.2. The minimum atomic E-state index is -0.962. The molecular formula is C16H28O4. The molecule has 0 aromatic heterocycles. The predicted octanol–water partition coefficient (Wildman–Crippen LogP) is 2.43. The zero-order chi connectivity index (χ0) is 15.3. The van der Waals surface area contributed by atoms with Crippen molar-refractivity contribution >= 4 is 5.97 Å². The number of carbonyl (C=O) groups is 1. The molecule has 0 aromatic rings. The summed E-state index contributed by atoms with van der Waals surface area (Å²) in [6.45, 7) is 8.16. The first kappa shape index (κ1) is 15.8. The quantitative estimate of drug-likeness (QED) is 0.727. The number of aliphatic hydroxyl groups is 2. The van der Waals surface area contributed by atoms with Gasteiger partial charge >= 0.3 is 5.97 Å². The Morgan fingerprint density at radius 3 is 2.35 bits per heavy atom. The van der Waals surface area contributed by atoms with Crippen LogP contribution >= 0.6 is 0 Å². The molecule has 2 saturated carbocycles. The van der Waals surface area contributed by atoms with Crippen molar-refractivity contribution in [1.82, 2.24) is 0 Å². The predicted molar refractivity (Wildman–Crippen MR) is 76.2 cm³/mol. The van der Waals surface area contributed by atoms with E-state index in [0.717, 1.165) is 12.8 Å². The van der Waals surface area contributed by atoms with Gasteiger partial charge in [0, 0.05) is 5.92 Å². The molecule has 4 heteroatoms. The Bertz CT molecular complexity index is 401. The lowest BCUT2D eigenvalue weighted by Crippen LogP contribution is -2.60. The van der Waals surface area contributed by atoms with Crippen molar-refractivity contribution in [2.24, 2.45) is 22.7 Å². The number of carboxylic acid groups (broad SMARTS) is 1. The van der Waals surface area contributed by atoms with E-state index < -0.39 is 17.7 Å². The molecule has 20 heavy (non-hydrogen) atoms. The third kappa shape index (κ3) is 2.48. The van der Waals surface area contributed by atoms with E-state index in [1.807, 2.05) is 0 Å². The fraction of sp³-hybridized carbons (Fsp3) is 0.938. The van der Waals surface area contributed by atoms with Crippen LogP contribution in [-0.4, -0.2) is 33.0 Å². The van der Waals surface area contributed by atoms with E-state index in [2.05, 4.69) is 20.8 Å². The van der Waals surface area contributed by atoms with Gasteiger partial charge in [0.1, 0.15) is 0 Å². The lowest BCUT2D eigenvalue weighted by Gasteiger charge is -2.61. The van der Waals surface area contributed by atoms with Crippen molar-refractivity contribution in [3.05, 3.63) is 0 Å². The Morgan fingerprint density at radius 1 is 1.20 bits per heavy atom. The first-order chi connectivity index (χ1) is 8.99. The van der Waals surface area contributed by atoms with E-state index in [4.69, 9.17) is 0 Å². The molecule has 4 nitrogen and oxygen atoms in total. The van der Waals surface area contributed by atoms with Gasteiger partial charge in [0.05, 0.1) is 18.1 Å². The normalized spacial score (nSPS) is 47.6. The summed E-state index contributed by atoms with van der Waals surface area (Å²) in [5.74, 6) is -0.821. The summed E-state index contributed by atoms with van der Waals surface area (Å²) in [4.78, 5) is 11.2. The van der Waals surface area contributed by atoms with Gasteiger partial charge in [-0.25, -0.2) is 0 Å². The van der Waals surface area contributed by atoms with E-state index in [9.17, 15) is 20.1 Å². The van der Waals surface area contributed by atoms with E-state index >= 15 is 0 Å². The molecule has 0 saturated heterocycles. The van der Waals surface area contributed by atoms with Crippen LogP contribution in [-0.2, 0) is 4.79 Å². The van der Waals surface area contributed by atoms with Crippen LogP contribution in [0.2, 0.25) is 0 Å². The fourth-order valence-electron chi connectivity index (χ4n) is 5.42. The van der Waals surface area contributed by atoms with Crippen molar-refractivity contribution in [1.29, 1.82) is 0 Å². The van der Waals surface area contributed by atoms with E-state index in [1.165, 1.54) is 0 Å². The monoisotopic (exact) mass is 284 g/mol. The molecule has 0 radical (unpaired) electrons. The highest BCUT2D eigenvalue weighted by atomic mass is 16.4. The third-order valence-electron chi connectivity index (χ3n) is 6.04. The number of hydrogen-bond acceptors (Lipinski definition) is 3. The van der Waals surface area contributed by atoms with Crippen molar-refractivity contribution in [3.8, 4) is 0 Å². The number of aliphatic hydroxyl groups excluding tert-OH is 1. The zero-order valence-corrected chi connectivity index (χ0v) is 13.0. The minimum Gasteiger partial charge on any atom is -0.481 e. The Kier molecular flexibility index (Phi) is 3.71. The summed E-state index contributed by atoms with van der Waals surface area (Å²) in [6, 6.07) is 0. The number of rotatable bonds is 2. The molecule has 0 aliphatic heterocycles. The first-order valence-electron chi connectivity index (χ1n) is 7.61. The maximum Gasteiger partial charge on any atom is 0.303 e. The summed E-state index contributed by atoms with van der Waals surface area (Å²) >= 11 is 0. The van der Waals surface area contributed by atoms with Gasteiger partial charge in [-0.05, 0) is 49.4 Å². The molecule has 0 aromatic carbocycles. The lowest BCUT2D eigenvalue weighted by molar-refractivity contribution is -0.194. The average molecular weight is 284 g/mol. The van der Waals surface area contributed by atoms with Gasteiger partial charge in [-0.3, -0.25) is 4.79 Å². The summed E-state index contributed by atoms with van der Waals surface area (Å²) in [5.41, 5.74) is -1.29. The first-order valence-corrected chi connectivity index (χ1v) is 7.61. The second-order valence-electron chi connectivity index (χ2n) is 8.16. The highest BCUT2D eigenvalue weighted by Crippen LogP contribution is 2.62. The highest BCUT2D eigenvalue weighted by Gasteiger charge is 2.59. The van der Waals surface area contributed by atoms with E-state index in [0.29, 0.717) is 18.8 Å². The topological polar surface area (TPSA) is 77.8 Å². The SMILES string of the molecule is CC1(C)C[C@H](O)C[C@@]2(C)C1CC[C@@](C)(O)C2CC(=O)O. The maximum absolute atomic E-state index is 11.2. The average Bonchev–Trinajstić information content (AvgIpc) is 2.20. The van der Waals surface area contributed by atoms with Crippen LogP contribution in [0.15, 0.2) is 0 Å². The fourth-order valence-corrected chi connectivity index (χ4v) is 5.42. The van der Waals surface area contributed by atoms with Gasteiger partial charge in [-0.15, -0.1) is 0 Å². The Morgan fingerprint density at radius 2 is 1.80 bits per heavy atom. The standard InChI is InChI=1S/C16H28O4/c1-14(2)8-10(17)9-15(3)11(14)5-6-16(4,20)12(15)7-13(18)19/h10-12,17,20H,5-9H2,1-4H3,(H,18,19)/t10-,11?,12?,15-,16+/m0/s1. The molecule has 3 N–H and O–H groups in total. The van der Waals surface area contributed by atoms with Crippen molar-refractivity contribution in [2.45, 2.75) is 71.5 Å². The molecular weight excluding hydrogens is 256 g/mol. The molecule has 0 amide bonds. The van der Waals surface area contributed by atoms with Crippen molar-refractivity contribution in [3.63, 3.8) is 0 Å². The van der Waals surface area contributed by atoms with Crippen LogP contribution in [0.25, 0.3) is 0 Å². The lowest BCUT2D eigenvalue weighted by atomic mass is 9.45.